The van der Waals surface area contributed by atoms with Gasteiger partial charge < -0.3 is 9.15 Å². The van der Waals surface area contributed by atoms with Crippen LogP contribution >= 0.6 is 0 Å². The molecule has 0 aliphatic rings. The third-order valence-corrected chi connectivity index (χ3v) is 4.10. The van der Waals surface area contributed by atoms with Crippen molar-refractivity contribution in [2.45, 2.75) is 13.0 Å². The molecule has 140 valence electrons. The number of benzene rings is 2. The smallest absolute Gasteiger partial charge is 0.338 e. The largest absolute Gasteiger partial charge is 0.449 e. The highest BCUT2D eigenvalue weighted by Gasteiger charge is 2.20. The van der Waals surface area contributed by atoms with Crippen molar-refractivity contribution in [2.75, 3.05) is 11.0 Å². The van der Waals surface area contributed by atoms with Crippen molar-refractivity contribution in [1.29, 1.82) is 0 Å². The molecule has 0 fully saturated rings. The van der Waals surface area contributed by atoms with Crippen molar-refractivity contribution in [3.05, 3.63) is 66.1 Å². The first-order chi connectivity index (χ1) is 12.8. The number of sulfonamides is 1. The molecule has 0 saturated heterocycles. The maximum absolute atomic E-state index is 12.3. The summed E-state index contributed by atoms with van der Waals surface area (Å²) < 4.78 is 35.8. The SMILES string of the molecule is CC(OC(=O)c1cccc(NS(C)(=O)=O)c1)c1nnc(-c2ccccc2)o1. The Hall–Kier alpha value is -3.20. The van der Waals surface area contributed by atoms with Gasteiger partial charge in [0.05, 0.1) is 11.8 Å². The van der Waals surface area contributed by atoms with Gasteiger partial charge in [-0.1, -0.05) is 24.3 Å². The Morgan fingerprint density at radius 3 is 2.56 bits per heavy atom. The Morgan fingerprint density at radius 1 is 1.11 bits per heavy atom. The van der Waals surface area contributed by atoms with Crippen molar-refractivity contribution >= 4 is 21.7 Å². The lowest BCUT2D eigenvalue weighted by molar-refractivity contribution is 0.0280. The number of nitrogens with zero attached hydrogens (tertiary/aromatic N) is 2. The summed E-state index contributed by atoms with van der Waals surface area (Å²) >= 11 is 0. The van der Waals surface area contributed by atoms with E-state index in [0.29, 0.717) is 5.89 Å². The first-order valence-corrected chi connectivity index (χ1v) is 9.88. The van der Waals surface area contributed by atoms with Gasteiger partial charge in [0.25, 0.3) is 5.89 Å². The highest BCUT2D eigenvalue weighted by atomic mass is 32.2. The molecule has 1 heterocycles. The highest BCUT2D eigenvalue weighted by Crippen LogP contribution is 2.23. The predicted octanol–water partition coefficient (Wildman–Crippen LogP) is 3.03. The second kappa shape index (κ2) is 7.58. The number of esters is 1. The number of anilines is 1. The van der Waals surface area contributed by atoms with E-state index in [0.717, 1.165) is 11.8 Å². The quantitative estimate of drug-likeness (QED) is 0.647. The second-order valence-corrected chi connectivity index (χ2v) is 7.56. The Labute approximate surface area is 156 Å². The molecule has 3 aromatic rings. The Morgan fingerprint density at radius 2 is 1.85 bits per heavy atom. The normalized spacial score (nSPS) is 12.4. The highest BCUT2D eigenvalue weighted by molar-refractivity contribution is 7.92. The summed E-state index contributed by atoms with van der Waals surface area (Å²) in [5.41, 5.74) is 1.22. The summed E-state index contributed by atoms with van der Waals surface area (Å²) in [4.78, 5) is 12.3. The van der Waals surface area contributed by atoms with E-state index in [1.54, 1.807) is 13.0 Å². The lowest BCUT2D eigenvalue weighted by Gasteiger charge is -2.10. The van der Waals surface area contributed by atoms with Crippen molar-refractivity contribution in [3.63, 3.8) is 0 Å². The van der Waals surface area contributed by atoms with E-state index in [1.807, 2.05) is 30.3 Å². The zero-order valence-electron chi connectivity index (χ0n) is 14.6. The Balaban J connectivity index is 1.71. The average Bonchev–Trinajstić information content (AvgIpc) is 3.11. The number of carbonyl (C=O) groups is 1. The third kappa shape index (κ3) is 4.91. The van der Waals surface area contributed by atoms with Crippen LogP contribution in [0, 0.1) is 0 Å². The number of aromatic nitrogens is 2. The zero-order valence-corrected chi connectivity index (χ0v) is 15.4. The topological polar surface area (TPSA) is 111 Å². The number of hydrogen-bond donors (Lipinski definition) is 1. The van der Waals surface area contributed by atoms with Gasteiger partial charge >= 0.3 is 5.97 Å². The molecule has 0 radical (unpaired) electrons. The second-order valence-electron chi connectivity index (χ2n) is 5.81. The lowest BCUT2D eigenvalue weighted by Crippen LogP contribution is -2.12. The third-order valence-electron chi connectivity index (χ3n) is 3.49. The number of ether oxygens (including phenoxy) is 1. The first kappa shape index (κ1) is 18.6. The molecule has 1 aromatic heterocycles. The van der Waals surface area contributed by atoms with Crippen molar-refractivity contribution in [3.8, 4) is 11.5 Å². The molecule has 3 rings (SSSR count). The van der Waals surface area contributed by atoms with Gasteiger partial charge in [-0.25, -0.2) is 13.2 Å². The first-order valence-electron chi connectivity index (χ1n) is 7.99. The molecule has 2 aromatic carbocycles. The van der Waals surface area contributed by atoms with E-state index < -0.39 is 22.1 Å². The summed E-state index contributed by atoms with van der Waals surface area (Å²) in [6.07, 6.45) is 0.258. The molecule has 0 aliphatic carbocycles. The fourth-order valence-electron chi connectivity index (χ4n) is 2.30. The summed E-state index contributed by atoms with van der Waals surface area (Å²) in [7, 11) is -3.44. The molecule has 0 aliphatic heterocycles. The van der Waals surface area contributed by atoms with E-state index >= 15 is 0 Å². The minimum absolute atomic E-state index is 0.160. The molecule has 0 spiro atoms. The van der Waals surface area contributed by atoms with Crippen LogP contribution in [0.1, 0.15) is 29.3 Å². The van der Waals surface area contributed by atoms with Gasteiger partial charge in [-0.3, -0.25) is 4.72 Å². The van der Waals surface area contributed by atoms with Gasteiger partial charge in [0, 0.05) is 11.3 Å². The van der Waals surface area contributed by atoms with Gasteiger partial charge in [0.1, 0.15) is 0 Å². The van der Waals surface area contributed by atoms with Gasteiger partial charge in [0.15, 0.2) is 6.10 Å². The van der Waals surface area contributed by atoms with Gasteiger partial charge in [-0.15, -0.1) is 10.2 Å². The van der Waals surface area contributed by atoms with Crippen LogP contribution in [0.3, 0.4) is 0 Å². The zero-order chi connectivity index (χ0) is 19.4. The minimum atomic E-state index is -3.44. The standard InChI is InChI=1S/C18H17N3O5S/c1-12(16-19-20-17(26-16)13-7-4-3-5-8-13)25-18(22)14-9-6-10-15(11-14)21-27(2,23)24/h3-12,21H,1-2H3. The summed E-state index contributed by atoms with van der Waals surface area (Å²) in [6, 6.07) is 15.2. The van der Waals surface area contributed by atoms with Crippen LogP contribution in [0.25, 0.3) is 11.5 Å². The summed E-state index contributed by atoms with van der Waals surface area (Å²) in [5.74, 6) is -0.153. The van der Waals surface area contributed by atoms with Crippen LogP contribution < -0.4 is 4.72 Å². The maximum Gasteiger partial charge on any atom is 0.338 e. The molecule has 9 heteroatoms. The van der Waals surface area contributed by atoms with Gasteiger partial charge in [-0.2, -0.15) is 0 Å². The van der Waals surface area contributed by atoms with Crippen LogP contribution in [0.15, 0.2) is 59.0 Å². The van der Waals surface area contributed by atoms with Crippen LogP contribution in [-0.4, -0.2) is 30.8 Å². The van der Waals surface area contributed by atoms with Gasteiger partial charge in [0.2, 0.25) is 15.9 Å². The molecule has 0 saturated carbocycles. The number of carbonyl (C=O) groups excluding carboxylic acids is 1. The monoisotopic (exact) mass is 387 g/mol. The number of hydrogen-bond acceptors (Lipinski definition) is 7. The minimum Gasteiger partial charge on any atom is -0.449 e. The Bertz CT molecular complexity index is 1050. The summed E-state index contributed by atoms with van der Waals surface area (Å²) in [6.45, 7) is 1.61. The fourth-order valence-corrected chi connectivity index (χ4v) is 2.85. The van der Waals surface area contributed by atoms with Crippen molar-refractivity contribution in [1.82, 2.24) is 10.2 Å². The van der Waals surface area contributed by atoms with E-state index in [4.69, 9.17) is 9.15 Å². The van der Waals surface area contributed by atoms with E-state index in [-0.39, 0.29) is 17.1 Å². The molecule has 1 atom stereocenters. The lowest BCUT2D eigenvalue weighted by atomic mass is 10.2. The average molecular weight is 387 g/mol. The molecular formula is C18H17N3O5S. The van der Waals surface area contributed by atoms with Crippen LogP contribution in [-0.2, 0) is 14.8 Å². The van der Waals surface area contributed by atoms with Crippen molar-refractivity contribution in [2.24, 2.45) is 0 Å². The van der Waals surface area contributed by atoms with E-state index in [9.17, 15) is 13.2 Å². The van der Waals surface area contributed by atoms with Gasteiger partial charge in [-0.05, 0) is 37.3 Å². The number of rotatable bonds is 6. The van der Waals surface area contributed by atoms with Crippen LogP contribution in [0.5, 0.6) is 0 Å². The number of nitrogens with one attached hydrogen (secondary N) is 1. The van der Waals surface area contributed by atoms with E-state index in [2.05, 4.69) is 14.9 Å². The maximum atomic E-state index is 12.3. The molecule has 0 amide bonds. The molecule has 8 nitrogen and oxygen atoms in total. The molecule has 27 heavy (non-hydrogen) atoms. The van der Waals surface area contributed by atoms with Crippen molar-refractivity contribution < 1.29 is 22.4 Å². The molecule has 1 unspecified atom stereocenters. The fraction of sp³-hybridized carbons (Fsp3) is 0.167. The molecule has 0 bridgehead atoms. The van der Waals surface area contributed by atoms with Crippen LogP contribution in [0.2, 0.25) is 0 Å². The summed E-state index contributed by atoms with van der Waals surface area (Å²) in [5, 5.41) is 7.88. The predicted molar refractivity (Wildman–Crippen MR) is 98.5 cm³/mol. The molecule has 1 N–H and O–H groups in total. The Kier molecular flexibility index (Phi) is 5.22. The van der Waals surface area contributed by atoms with E-state index in [1.165, 1.54) is 18.2 Å². The van der Waals surface area contributed by atoms with Crippen LogP contribution in [0.4, 0.5) is 5.69 Å². The molecular weight excluding hydrogens is 370 g/mol.